The van der Waals surface area contributed by atoms with E-state index in [-0.39, 0.29) is 0 Å². The molecule has 0 bridgehead atoms. The summed E-state index contributed by atoms with van der Waals surface area (Å²) in [4.78, 5) is 6.21. The number of hydrogen-bond donors (Lipinski definition) is 0. The largest absolute Gasteiger partial charge is 0.433 e. The minimum atomic E-state index is -4.37. The fourth-order valence-electron chi connectivity index (χ4n) is 4.91. The summed E-state index contributed by atoms with van der Waals surface area (Å²) in [5.41, 5.74) is 0.464. The van der Waals surface area contributed by atoms with Gasteiger partial charge in [-0.15, -0.1) is 0 Å². The summed E-state index contributed by atoms with van der Waals surface area (Å²) in [5, 5.41) is 0. The Hall–Kier alpha value is -0.950. The van der Waals surface area contributed by atoms with Crippen molar-refractivity contribution in [3.63, 3.8) is 0 Å². The molecule has 3 heterocycles. The summed E-state index contributed by atoms with van der Waals surface area (Å²) in [6.07, 6.45) is 3.65. The highest BCUT2D eigenvalue weighted by Crippen LogP contribution is 2.43. The molecular formula is C19H25F3N2OS. The van der Waals surface area contributed by atoms with Crippen LogP contribution in [0.15, 0.2) is 18.3 Å². The fourth-order valence-corrected chi connectivity index (χ4v) is 6.76. The van der Waals surface area contributed by atoms with Crippen LogP contribution in [0.3, 0.4) is 0 Å². The predicted octanol–water partition coefficient (Wildman–Crippen LogP) is 3.97. The summed E-state index contributed by atoms with van der Waals surface area (Å²) >= 11 is 0. The number of piperidine rings is 1. The molecule has 0 unspecified atom stereocenters. The second-order valence-electron chi connectivity index (χ2n) is 8.26. The van der Waals surface area contributed by atoms with Crippen LogP contribution in [0.2, 0.25) is 0 Å². The Morgan fingerprint density at radius 1 is 1.15 bits per heavy atom. The third kappa shape index (κ3) is 3.70. The van der Waals surface area contributed by atoms with Crippen LogP contribution >= 0.6 is 0 Å². The highest BCUT2D eigenvalue weighted by atomic mass is 32.2. The Balaban J connectivity index is 1.36. The number of rotatable bonds is 2. The Morgan fingerprint density at radius 2 is 1.88 bits per heavy atom. The van der Waals surface area contributed by atoms with Gasteiger partial charge in [0, 0.05) is 34.5 Å². The summed E-state index contributed by atoms with van der Waals surface area (Å²) in [7, 11) is -0.589. The molecule has 3 fully saturated rings. The van der Waals surface area contributed by atoms with Gasteiger partial charge in [0.15, 0.2) is 0 Å². The van der Waals surface area contributed by atoms with Gasteiger partial charge in [0.1, 0.15) is 5.69 Å². The zero-order valence-electron chi connectivity index (χ0n) is 14.8. The summed E-state index contributed by atoms with van der Waals surface area (Å²) in [5.74, 6) is 2.06. The van der Waals surface area contributed by atoms with Crippen LogP contribution in [-0.2, 0) is 17.0 Å². The molecule has 1 saturated carbocycles. The SMILES string of the molecule is O=S1CC2(CCN([C@@H]3CCC[C@@H](c4ccc(C(F)(F)F)nc4)C3)CC2)C1. The van der Waals surface area contributed by atoms with E-state index in [9.17, 15) is 17.4 Å². The Bertz CT molecular complexity index is 658. The lowest BCUT2D eigenvalue weighted by Crippen LogP contribution is -2.54. The van der Waals surface area contributed by atoms with Gasteiger partial charge < -0.3 is 4.90 Å². The molecule has 3 nitrogen and oxygen atoms in total. The third-order valence-electron chi connectivity index (χ3n) is 6.50. The minimum Gasteiger partial charge on any atom is -0.300 e. The molecule has 1 aromatic rings. The minimum absolute atomic E-state index is 0.302. The van der Waals surface area contributed by atoms with Crippen LogP contribution in [0, 0.1) is 5.41 Å². The molecule has 0 radical (unpaired) electrons. The standard InChI is InChI=1S/C19H25F3N2OS/c20-19(21,22)17-5-4-15(11-23-17)14-2-1-3-16(10-14)24-8-6-18(7-9-24)12-26(25)13-18/h4-5,11,14,16H,1-3,6-10,12-13H2/t14-,16-/m1/s1. The van der Waals surface area contributed by atoms with Crippen molar-refractivity contribution in [3.05, 3.63) is 29.6 Å². The van der Waals surface area contributed by atoms with Gasteiger partial charge >= 0.3 is 6.18 Å². The second-order valence-corrected chi connectivity index (χ2v) is 9.71. The van der Waals surface area contributed by atoms with Gasteiger partial charge in [0.05, 0.1) is 0 Å². The first-order chi connectivity index (χ1) is 12.3. The molecule has 2 saturated heterocycles. The number of nitrogens with zero attached hydrogens (tertiary/aromatic N) is 2. The maximum absolute atomic E-state index is 12.7. The molecule has 0 N–H and O–H groups in total. The van der Waals surface area contributed by atoms with Gasteiger partial charge in [-0.1, -0.05) is 12.5 Å². The maximum Gasteiger partial charge on any atom is 0.433 e. The van der Waals surface area contributed by atoms with Crippen LogP contribution in [0.4, 0.5) is 13.2 Å². The number of pyridine rings is 1. The van der Waals surface area contributed by atoms with E-state index in [2.05, 4.69) is 9.88 Å². The quantitative estimate of drug-likeness (QED) is 0.771. The van der Waals surface area contributed by atoms with E-state index in [0.717, 1.165) is 68.3 Å². The molecule has 0 amide bonds. The lowest BCUT2D eigenvalue weighted by atomic mass is 9.77. The molecule has 1 aromatic heterocycles. The van der Waals surface area contributed by atoms with Gasteiger partial charge in [-0.3, -0.25) is 9.19 Å². The third-order valence-corrected chi connectivity index (χ3v) is 8.37. The topological polar surface area (TPSA) is 33.2 Å². The van der Waals surface area contributed by atoms with E-state index in [4.69, 9.17) is 0 Å². The van der Waals surface area contributed by atoms with Gasteiger partial charge in [-0.25, -0.2) is 0 Å². The molecule has 3 aliphatic rings. The van der Waals surface area contributed by atoms with Gasteiger partial charge in [0.2, 0.25) is 0 Å². The number of alkyl halides is 3. The van der Waals surface area contributed by atoms with Crippen LogP contribution in [-0.4, -0.2) is 44.7 Å². The smallest absolute Gasteiger partial charge is 0.300 e. The molecule has 2 atom stereocenters. The molecule has 144 valence electrons. The van der Waals surface area contributed by atoms with E-state index < -0.39 is 22.7 Å². The van der Waals surface area contributed by atoms with Crippen molar-refractivity contribution < 1.29 is 17.4 Å². The van der Waals surface area contributed by atoms with Crippen LogP contribution in [0.5, 0.6) is 0 Å². The Kier molecular flexibility index (Phi) is 4.88. The number of halogens is 3. The molecule has 7 heteroatoms. The highest BCUT2D eigenvalue weighted by Gasteiger charge is 2.45. The average molecular weight is 386 g/mol. The molecule has 1 aliphatic carbocycles. The van der Waals surface area contributed by atoms with Gasteiger partial charge in [-0.05, 0) is 68.2 Å². The first kappa shape index (κ1) is 18.4. The van der Waals surface area contributed by atoms with E-state index >= 15 is 0 Å². The average Bonchev–Trinajstić information content (AvgIpc) is 2.61. The first-order valence-corrected chi connectivity index (χ1v) is 11.0. The van der Waals surface area contributed by atoms with Crippen molar-refractivity contribution in [3.8, 4) is 0 Å². The number of aromatic nitrogens is 1. The van der Waals surface area contributed by atoms with Crippen molar-refractivity contribution in [2.24, 2.45) is 5.41 Å². The fraction of sp³-hybridized carbons (Fsp3) is 0.737. The van der Waals surface area contributed by atoms with Gasteiger partial charge in [-0.2, -0.15) is 13.2 Å². The van der Waals surface area contributed by atoms with E-state index in [1.54, 1.807) is 6.07 Å². The Morgan fingerprint density at radius 3 is 2.46 bits per heavy atom. The molecule has 26 heavy (non-hydrogen) atoms. The number of hydrogen-bond acceptors (Lipinski definition) is 3. The second kappa shape index (κ2) is 6.89. The zero-order valence-corrected chi connectivity index (χ0v) is 15.6. The molecule has 0 aromatic carbocycles. The molecular weight excluding hydrogens is 361 g/mol. The van der Waals surface area contributed by atoms with E-state index in [1.165, 1.54) is 12.6 Å². The van der Waals surface area contributed by atoms with Crippen molar-refractivity contribution >= 4 is 10.8 Å². The van der Waals surface area contributed by atoms with Gasteiger partial charge in [0.25, 0.3) is 0 Å². The lowest BCUT2D eigenvalue weighted by molar-refractivity contribution is -0.141. The van der Waals surface area contributed by atoms with Crippen LogP contribution < -0.4 is 0 Å². The Labute approximate surface area is 154 Å². The van der Waals surface area contributed by atoms with E-state index in [1.807, 2.05) is 0 Å². The molecule has 2 aliphatic heterocycles. The summed E-state index contributed by atoms with van der Waals surface area (Å²) < 4.78 is 49.6. The summed E-state index contributed by atoms with van der Waals surface area (Å²) in [6, 6.07) is 3.23. The monoisotopic (exact) mass is 386 g/mol. The molecule has 1 spiro atoms. The summed E-state index contributed by atoms with van der Waals surface area (Å²) in [6.45, 7) is 2.14. The highest BCUT2D eigenvalue weighted by molar-refractivity contribution is 7.86. The van der Waals surface area contributed by atoms with Crippen molar-refractivity contribution in [2.45, 2.75) is 56.7 Å². The maximum atomic E-state index is 12.7. The number of likely N-dealkylation sites (tertiary alicyclic amines) is 1. The van der Waals surface area contributed by atoms with Crippen LogP contribution in [0.1, 0.15) is 55.7 Å². The van der Waals surface area contributed by atoms with Crippen molar-refractivity contribution in [2.75, 3.05) is 24.6 Å². The van der Waals surface area contributed by atoms with Crippen LogP contribution in [0.25, 0.3) is 0 Å². The van der Waals surface area contributed by atoms with E-state index in [0.29, 0.717) is 17.4 Å². The van der Waals surface area contributed by atoms with Crippen molar-refractivity contribution in [1.82, 2.24) is 9.88 Å². The normalized spacial score (nSPS) is 30.3. The molecule has 4 rings (SSSR count). The predicted molar refractivity (Wildman–Crippen MR) is 95.4 cm³/mol. The zero-order chi connectivity index (χ0) is 18.4. The lowest BCUT2D eigenvalue weighted by Gasteiger charge is -2.49. The first-order valence-electron chi connectivity index (χ1n) is 9.47. The van der Waals surface area contributed by atoms with Crippen molar-refractivity contribution in [1.29, 1.82) is 0 Å².